The Kier molecular flexibility index (Phi) is 31.6. The molecule has 0 saturated heterocycles. The zero-order valence-corrected chi connectivity index (χ0v) is 24.6. The zero-order valence-electron chi connectivity index (χ0n) is 24.6. The fourth-order valence-electron chi connectivity index (χ4n) is 3.18. The normalized spacial score (nSPS) is 11.5. The molecule has 0 atom stereocenters. The van der Waals surface area contributed by atoms with Crippen molar-refractivity contribution < 1.29 is 42.7 Å². The van der Waals surface area contributed by atoms with Gasteiger partial charge < -0.3 is 42.8 Å². The van der Waals surface area contributed by atoms with E-state index in [4.69, 9.17) is 37.9 Å². The molecule has 0 amide bonds. The van der Waals surface area contributed by atoms with Gasteiger partial charge in [0.1, 0.15) is 6.61 Å². The number of carbonyl (C=O) groups is 1. The summed E-state index contributed by atoms with van der Waals surface area (Å²) in [5, 5.41) is 0. The van der Waals surface area contributed by atoms with E-state index in [9.17, 15) is 4.79 Å². The van der Waals surface area contributed by atoms with Gasteiger partial charge in [-0.2, -0.15) is 0 Å². The summed E-state index contributed by atoms with van der Waals surface area (Å²) in [6.45, 7) is 10.9. The highest BCUT2D eigenvalue weighted by Gasteiger charge is 2.02. The van der Waals surface area contributed by atoms with Crippen LogP contribution >= 0.6 is 0 Å². The number of hydrogen-bond donors (Lipinski definition) is 0. The van der Waals surface area contributed by atoms with Crippen LogP contribution in [0.4, 0.5) is 0 Å². The molecule has 0 heterocycles. The Labute approximate surface area is 231 Å². The second-order valence-electron chi connectivity index (χ2n) is 9.18. The third-order valence-electron chi connectivity index (χ3n) is 5.39. The smallest absolute Gasteiger partial charge is 0.305 e. The van der Waals surface area contributed by atoms with Crippen LogP contribution in [0.15, 0.2) is 0 Å². The molecule has 0 bridgehead atoms. The van der Waals surface area contributed by atoms with Crippen molar-refractivity contribution in [2.45, 2.75) is 58.3 Å². The molecule has 10 heteroatoms. The van der Waals surface area contributed by atoms with E-state index in [2.05, 4.69) is 11.8 Å². The maximum absolute atomic E-state index is 11.7. The Hall–Kier alpha value is -0.850. The molecule has 0 aliphatic carbocycles. The van der Waals surface area contributed by atoms with Crippen molar-refractivity contribution in [1.29, 1.82) is 0 Å². The fourth-order valence-corrected chi connectivity index (χ4v) is 3.18. The van der Waals surface area contributed by atoms with Crippen LogP contribution in [-0.2, 0) is 42.7 Å². The molecule has 0 aromatic heterocycles. The number of carbonyl (C=O) groups excluding carboxylic acids is 1. The van der Waals surface area contributed by atoms with Crippen molar-refractivity contribution in [3.05, 3.63) is 0 Å². The van der Waals surface area contributed by atoms with Crippen molar-refractivity contribution in [2.75, 3.05) is 120 Å². The minimum Gasteiger partial charge on any atom is -0.463 e. The van der Waals surface area contributed by atoms with E-state index in [1.807, 2.05) is 14.1 Å². The Bertz CT molecular complexity index is 470. The molecule has 0 radical (unpaired) electrons. The quantitative estimate of drug-likeness (QED) is 0.0915. The van der Waals surface area contributed by atoms with E-state index in [1.165, 1.54) is 32.1 Å². The lowest BCUT2D eigenvalue weighted by Gasteiger charge is -2.10. The maximum Gasteiger partial charge on any atom is 0.305 e. The van der Waals surface area contributed by atoms with Crippen LogP contribution in [0.2, 0.25) is 0 Å². The van der Waals surface area contributed by atoms with Gasteiger partial charge >= 0.3 is 5.97 Å². The molecule has 10 nitrogen and oxygen atoms in total. The number of nitrogens with zero attached hydrogens (tertiary/aromatic N) is 1. The number of esters is 1. The lowest BCUT2D eigenvalue weighted by atomic mass is 10.1. The van der Waals surface area contributed by atoms with Crippen LogP contribution in [0, 0.1) is 0 Å². The Morgan fingerprint density at radius 3 is 1.21 bits per heavy atom. The van der Waals surface area contributed by atoms with E-state index in [0.717, 1.165) is 26.0 Å². The molecule has 0 aromatic rings. The number of hydrogen-bond acceptors (Lipinski definition) is 10. The standard InChI is InChI=1S/C28H57NO9/c1-4-5-6-7-8-9-10-11-28(30)38-27-26-37-25-24-36-23-22-35-21-20-34-19-18-33-17-16-32-15-14-31-13-12-29(2)3/h4-27H2,1-3H3. The van der Waals surface area contributed by atoms with E-state index >= 15 is 0 Å². The second kappa shape index (κ2) is 32.4. The van der Waals surface area contributed by atoms with Gasteiger partial charge in [-0.25, -0.2) is 0 Å². The van der Waals surface area contributed by atoms with Gasteiger partial charge in [0.15, 0.2) is 0 Å². The lowest BCUT2D eigenvalue weighted by Crippen LogP contribution is -2.19. The highest BCUT2D eigenvalue weighted by Crippen LogP contribution is 2.08. The summed E-state index contributed by atoms with van der Waals surface area (Å²) in [5.74, 6) is -0.134. The van der Waals surface area contributed by atoms with Crippen molar-refractivity contribution in [3.63, 3.8) is 0 Å². The third-order valence-corrected chi connectivity index (χ3v) is 5.39. The van der Waals surface area contributed by atoms with Gasteiger partial charge in [0.25, 0.3) is 0 Å². The molecule has 228 valence electrons. The molecular weight excluding hydrogens is 494 g/mol. The minimum atomic E-state index is -0.134. The Morgan fingerprint density at radius 1 is 0.474 bits per heavy atom. The summed E-state index contributed by atoms with van der Waals surface area (Å²) in [7, 11) is 4.04. The van der Waals surface area contributed by atoms with Crippen LogP contribution in [0.5, 0.6) is 0 Å². The van der Waals surface area contributed by atoms with Crippen molar-refractivity contribution in [3.8, 4) is 0 Å². The average Bonchev–Trinajstić information content (AvgIpc) is 2.90. The van der Waals surface area contributed by atoms with Gasteiger partial charge in [0.2, 0.25) is 0 Å². The second-order valence-corrected chi connectivity index (χ2v) is 9.18. The predicted molar refractivity (Wildman–Crippen MR) is 148 cm³/mol. The first-order valence-corrected chi connectivity index (χ1v) is 14.5. The molecule has 38 heavy (non-hydrogen) atoms. The molecule has 0 rings (SSSR count). The van der Waals surface area contributed by atoms with Gasteiger partial charge in [-0.05, 0) is 20.5 Å². The SMILES string of the molecule is CCCCCCCCCC(=O)OCCOCCOCCOCCOCCOCCOCCOCCN(C)C. The van der Waals surface area contributed by atoms with Crippen molar-refractivity contribution >= 4 is 5.97 Å². The number of unbranched alkanes of at least 4 members (excludes halogenated alkanes) is 6. The predicted octanol–water partition coefficient (Wildman–Crippen LogP) is 3.35. The highest BCUT2D eigenvalue weighted by molar-refractivity contribution is 5.69. The van der Waals surface area contributed by atoms with E-state index in [1.54, 1.807) is 0 Å². The third kappa shape index (κ3) is 33.2. The summed E-state index contributed by atoms with van der Waals surface area (Å²) < 4.78 is 43.3. The average molecular weight is 552 g/mol. The van der Waals surface area contributed by atoms with Crippen LogP contribution in [0.25, 0.3) is 0 Å². The summed E-state index contributed by atoms with van der Waals surface area (Å²) in [5.41, 5.74) is 0. The van der Waals surface area contributed by atoms with E-state index in [0.29, 0.717) is 98.9 Å². The zero-order chi connectivity index (χ0) is 27.8. The van der Waals surface area contributed by atoms with Gasteiger partial charge in [0.05, 0.1) is 92.5 Å². The first-order valence-electron chi connectivity index (χ1n) is 14.5. The molecule has 0 aromatic carbocycles. The molecule has 0 aliphatic rings. The van der Waals surface area contributed by atoms with E-state index < -0.39 is 0 Å². The lowest BCUT2D eigenvalue weighted by molar-refractivity contribution is -0.145. The molecule has 0 spiro atoms. The van der Waals surface area contributed by atoms with Crippen LogP contribution < -0.4 is 0 Å². The van der Waals surface area contributed by atoms with Crippen LogP contribution in [0.3, 0.4) is 0 Å². The van der Waals surface area contributed by atoms with Crippen molar-refractivity contribution in [2.24, 2.45) is 0 Å². The largest absolute Gasteiger partial charge is 0.463 e. The maximum atomic E-state index is 11.7. The number of ether oxygens (including phenoxy) is 8. The van der Waals surface area contributed by atoms with Gasteiger partial charge in [-0.3, -0.25) is 4.79 Å². The van der Waals surface area contributed by atoms with E-state index in [-0.39, 0.29) is 5.97 Å². The minimum absolute atomic E-state index is 0.134. The first-order chi connectivity index (χ1) is 18.7. The molecule has 0 unspecified atom stereocenters. The van der Waals surface area contributed by atoms with Gasteiger partial charge in [-0.15, -0.1) is 0 Å². The first kappa shape index (κ1) is 37.1. The monoisotopic (exact) mass is 551 g/mol. The molecule has 0 saturated carbocycles. The van der Waals surface area contributed by atoms with Crippen LogP contribution in [-0.4, -0.2) is 131 Å². The molecule has 0 aliphatic heterocycles. The molecule has 0 fully saturated rings. The van der Waals surface area contributed by atoms with Crippen LogP contribution in [0.1, 0.15) is 58.3 Å². The fraction of sp³-hybridized carbons (Fsp3) is 0.964. The topological polar surface area (TPSA) is 94.2 Å². The number of rotatable bonds is 32. The summed E-state index contributed by atoms with van der Waals surface area (Å²) in [4.78, 5) is 13.8. The van der Waals surface area contributed by atoms with Gasteiger partial charge in [-0.1, -0.05) is 45.4 Å². The summed E-state index contributed by atoms with van der Waals surface area (Å²) in [6.07, 6.45) is 8.85. The summed E-state index contributed by atoms with van der Waals surface area (Å²) >= 11 is 0. The Morgan fingerprint density at radius 2 is 0.816 bits per heavy atom. The number of likely N-dealkylation sites (N-methyl/N-ethyl adjacent to an activating group) is 1. The Balaban J connectivity index is 3.11. The molecular formula is C28H57NO9. The van der Waals surface area contributed by atoms with Gasteiger partial charge in [0, 0.05) is 13.0 Å². The summed E-state index contributed by atoms with van der Waals surface area (Å²) in [6, 6.07) is 0. The molecule has 0 N–H and O–H groups in total. The van der Waals surface area contributed by atoms with Crippen molar-refractivity contribution in [1.82, 2.24) is 4.90 Å². The highest BCUT2D eigenvalue weighted by atomic mass is 16.6.